The number of hydrogen-bond acceptors (Lipinski definition) is 7. The van der Waals surface area contributed by atoms with Gasteiger partial charge in [0.2, 0.25) is 0 Å². The first-order valence-corrected chi connectivity index (χ1v) is 7.93. The van der Waals surface area contributed by atoms with Crippen molar-refractivity contribution < 1.29 is 34.4 Å². The van der Waals surface area contributed by atoms with E-state index in [0.717, 1.165) is 0 Å². The first-order valence-electron chi connectivity index (χ1n) is 7.93. The Kier molecular flexibility index (Phi) is 6.85. The van der Waals surface area contributed by atoms with E-state index in [1.54, 1.807) is 36.4 Å². The highest BCUT2D eigenvalue weighted by Crippen LogP contribution is 2.22. The predicted molar refractivity (Wildman–Crippen MR) is 91.5 cm³/mol. The lowest BCUT2D eigenvalue weighted by Crippen LogP contribution is -2.56. The van der Waals surface area contributed by atoms with Crippen LogP contribution in [0, 0.1) is 0 Å². The summed E-state index contributed by atoms with van der Waals surface area (Å²) in [5.41, 5.74) is -1.60. The van der Waals surface area contributed by atoms with Crippen LogP contribution in [-0.2, 0) is 9.47 Å². The predicted octanol–water partition coefficient (Wildman–Crippen LogP) is 0.785. The largest absolute Gasteiger partial charge is 0.452 e. The quantitative estimate of drug-likeness (QED) is 0.596. The molecular formula is C19H20O7. The van der Waals surface area contributed by atoms with Gasteiger partial charge in [0.25, 0.3) is 0 Å². The van der Waals surface area contributed by atoms with Crippen molar-refractivity contribution in [3.05, 3.63) is 71.8 Å². The molecule has 0 fully saturated rings. The van der Waals surface area contributed by atoms with E-state index in [-0.39, 0.29) is 11.1 Å². The number of carbonyl (C=O) groups is 2. The molecule has 2 aromatic carbocycles. The van der Waals surface area contributed by atoms with Gasteiger partial charge in [0, 0.05) is 0 Å². The van der Waals surface area contributed by atoms with Crippen molar-refractivity contribution in [3.8, 4) is 0 Å². The summed E-state index contributed by atoms with van der Waals surface area (Å²) in [4.78, 5) is 24.5. The van der Waals surface area contributed by atoms with Crippen molar-refractivity contribution >= 4 is 11.9 Å². The maximum absolute atomic E-state index is 12.3. The standard InChI is InChI=1S/C19H20O7/c20-11-16(25-17(23)14-7-3-1-4-8-14)19(12-21,13-22)26-18(24)15-9-5-2-6-10-15/h1-10,16,20-22H,11-13H2. The Morgan fingerprint density at radius 3 is 1.69 bits per heavy atom. The van der Waals surface area contributed by atoms with Crippen LogP contribution in [0.2, 0.25) is 0 Å². The molecule has 0 amide bonds. The van der Waals surface area contributed by atoms with Crippen LogP contribution in [0.1, 0.15) is 20.7 Å². The molecule has 7 heteroatoms. The maximum atomic E-state index is 12.3. The van der Waals surface area contributed by atoms with E-state index in [9.17, 15) is 24.9 Å². The highest BCUT2D eigenvalue weighted by atomic mass is 16.6. The zero-order valence-electron chi connectivity index (χ0n) is 13.9. The smallest absolute Gasteiger partial charge is 0.338 e. The molecule has 1 unspecified atom stereocenters. The normalized spacial score (nSPS) is 12.3. The van der Waals surface area contributed by atoms with Crippen LogP contribution in [0.5, 0.6) is 0 Å². The summed E-state index contributed by atoms with van der Waals surface area (Å²) in [5, 5.41) is 29.0. The Bertz CT molecular complexity index is 711. The Balaban J connectivity index is 2.21. The highest BCUT2D eigenvalue weighted by molar-refractivity contribution is 5.90. The summed E-state index contributed by atoms with van der Waals surface area (Å²) in [7, 11) is 0. The van der Waals surface area contributed by atoms with Gasteiger partial charge in [-0.05, 0) is 24.3 Å². The topological polar surface area (TPSA) is 113 Å². The molecule has 3 N–H and O–H groups in total. The zero-order chi connectivity index (χ0) is 19.0. The second-order valence-corrected chi connectivity index (χ2v) is 5.58. The molecule has 0 aliphatic rings. The minimum atomic E-state index is -1.99. The van der Waals surface area contributed by atoms with E-state index < -0.39 is 43.5 Å². The number of ether oxygens (including phenoxy) is 2. The summed E-state index contributed by atoms with van der Waals surface area (Å²) >= 11 is 0. The van der Waals surface area contributed by atoms with Crippen LogP contribution in [0.3, 0.4) is 0 Å². The van der Waals surface area contributed by atoms with Crippen molar-refractivity contribution in [3.63, 3.8) is 0 Å². The van der Waals surface area contributed by atoms with Gasteiger partial charge in [-0.2, -0.15) is 0 Å². The van der Waals surface area contributed by atoms with Crippen LogP contribution in [-0.4, -0.2) is 58.8 Å². The van der Waals surface area contributed by atoms with Crippen LogP contribution in [0.15, 0.2) is 60.7 Å². The molecule has 0 aromatic heterocycles. The molecule has 138 valence electrons. The van der Waals surface area contributed by atoms with Gasteiger partial charge < -0.3 is 24.8 Å². The molecule has 2 rings (SSSR count). The monoisotopic (exact) mass is 360 g/mol. The van der Waals surface area contributed by atoms with Gasteiger partial charge in [0.15, 0.2) is 11.7 Å². The van der Waals surface area contributed by atoms with E-state index in [2.05, 4.69) is 0 Å². The van der Waals surface area contributed by atoms with Crippen molar-refractivity contribution in [1.82, 2.24) is 0 Å². The van der Waals surface area contributed by atoms with E-state index >= 15 is 0 Å². The third-order valence-corrected chi connectivity index (χ3v) is 3.85. The summed E-state index contributed by atoms with van der Waals surface area (Å²) in [5.74, 6) is -1.62. The van der Waals surface area contributed by atoms with Crippen molar-refractivity contribution in [2.75, 3.05) is 19.8 Å². The lowest BCUT2D eigenvalue weighted by Gasteiger charge is -2.35. The number of esters is 2. The summed E-state index contributed by atoms with van der Waals surface area (Å²) < 4.78 is 10.4. The van der Waals surface area contributed by atoms with E-state index in [1.807, 2.05) is 0 Å². The van der Waals surface area contributed by atoms with Gasteiger partial charge in [-0.3, -0.25) is 0 Å². The van der Waals surface area contributed by atoms with E-state index in [0.29, 0.717) is 0 Å². The lowest BCUT2D eigenvalue weighted by atomic mass is 9.98. The van der Waals surface area contributed by atoms with Crippen molar-refractivity contribution in [1.29, 1.82) is 0 Å². The lowest BCUT2D eigenvalue weighted by molar-refractivity contribution is -0.151. The van der Waals surface area contributed by atoms with Crippen LogP contribution >= 0.6 is 0 Å². The maximum Gasteiger partial charge on any atom is 0.338 e. The van der Waals surface area contributed by atoms with Gasteiger partial charge in [0.1, 0.15) is 0 Å². The first-order chi connectivity index (χ1) is 12.6. The van der Waals surface area contributed by atoms with E-state index in [4.69, 9.17) is 9.47 Å². The summed E-state index contributed by atoms with van der Waals surface area (Å²) in [6.07, 6.45) is -1.46. The third-order valence-electron chi connectivity index (χ3n) is 3.85. The fraction of sp³-hybridized carbons (Fsp3) is 0.263. The number of carbonyl (C=O) groups excluding carboxylic acids is 2. The number of benzene rings is 2. The Morgan fingerprint density at radius 2 is 1.27 bits per heavy atom. The second-order valence-electron chi connectivity index (χ2n) is 5.58. The molecule has 7 nitrogen and oxygen atoms in total. The Labute approximate surface area is 150 Å². The second kappa shape index (κ2) is 9.10. The molecule has 26 heavy (non-hydrogen) atoms. The van der Waals surface area contributed by atoms with Gasteiger partial charge in [-0.25, -0.2) is 9.59 Å². The van der Waals surface area contributed by atoms with Gasteiger partial charge >= 0.3 is 11.9 Å². The molecule has 1 atom stereocenters. The molecule has 0 radical (unpaired) electrons. The molecule has 0 bridgehead atoms. The number of hydrogen-bond donors (Lipinski definition) is 3. The minimum absolute atomic E-state index is 0.185. The SMILES string of the molecule is O=C(OC(CO)C(CO)(CO)OC(=O)c1ccccc1)c1ccccc1. The zero-order valence-corrected chi connectivity index (χ0v) is 13.9. The molecule has 0 spiro atoms. The molecular weight excluding hydrogens is 340 g/mol. The Hall–Kier alpha value is -2.74. The van der Waals surface area contributed by atoms with Crippen molar-refractivity contribution in [2.24, 2.45) is 0 Å². The molecule has 0 saturated carbocycles. The number of rotatable bonds is 8. The minimum Gasteiger partial charge on any atom is -0.452 e. The number of aliphatic hydroxyl groups excluding tert-OH is 3. The molecule has 2 aromatic rings. The average Bonchev–Trinajstić information content (AvgIpc) is 2.71. The Morgan fingerprint density at radius 1 is 0.808 bits per heavy atom. The molecule has 0 aliphatic carbocycles. The fourth-order valence-corrected chi connectivity index (χ4v) is 2.28. The molecule has 0 aliphatic heterocycles. The van der Waals surface area contributed by atoms with E-state index in [1.165, 1.54) is 24.3 Å². The van der Waals surface area contributed by atoms with Gasteiger partial charge in [-0.15, -0.1) is 0 Å². The van der Waals surface area contributed by atoms with Crippen LogP contribution in [0.4, 0.5) is 0 Å². The average molecular weight is 360 g/mol. The molecule has 0 saturated heterocycles. The first kappa shape index (κ1) is 19.6. The number of aliphatic hydroxyl groups is 3. The summed E-state index contributed by atoms with van der Waals surface area (Å²) in [6.45, 7) is -2.47. The molecule has 0 heterocycles. The highest BCUT2D eigenvalue weighted by Gasteiger charge is 2.45. The third kappa shape index (κ3) is 4.45. The summed E-state index contributed by atoms with van der Waals surface area (Å²) in [6, 6.07) is 15.9. The van der Waals surface area contributed by atoms with Crippen LogP contribution in [0.25, 0.3) is 0 Å². The van der Waals surface area contributed by atoms with Gasteiger partial charge in [0.05, 0.1) is 30.9 Å². The van der Waals surface area contributed by atoms with Gasteiger partial charge in [-0.1, -0.05) is 36.4 Å². The fourth-order valence-electron chi connectivity index (χ4n) is 2.28. The van der Waals surface area contributed by atoms with Crippen LogP contribution < -0.4 is 0 Å². The van der Waals surface area contributed by atoms with Crippen molar-refractivity contribution in [2.45, 2.75) is 11.7 Å².